The number of aromatic nitrogens is 1. The zero-order chi connectivity index (χ0) is 18.3. The second-order valence-electron chi connectivity index (χ2n) is 5.89. The summed E-state index contributed by atoms with van der Waals surface area (Å²) in [6, 6.07) is 4.52. The van der Waals surface area contributed by atoms with Gasteiger partial charge in [-0.15, -0.1) is 0 Å². The van der Waals surface area contributed by atoms with E-state index in [4.69, 9.17) is 4.74 Å². The topological polar surface area (TPSA) is 106 Å². The summed E-state index contributed by atoms with van der Waals surface area (Å²) in [4.78, 5) is 39.8. The fourth-order valence-corrected chi connectivity index (χ4v) is 3.20. The fraction of sp³-hybridized carbons (Fsp3) is 0.294. The number of ether oxygens (including phenoxy) is 1. The predicted octanol–water partition coefficient (Wildman–Crippen LogP) is 2.53. The van der Waals surface area contributed by atoms with Crippen LogP contribution in [0.5, 0.6) is 0 Å². The van der Waals surface area contributed by atoms with E-state index in [0.717, 1.165) is 5.56 Å². The number of H-pyrrole nitrogens is 1. The van der Waals surface area contributed by atoms with E-state index < -0.39 is 10.9 Å². The van der Waals surface area contributed by atoms with Crippen molar-refractivity contribution in [3.05, 3.63) is 56.4 Å². The van der Waals surface area contributed by atoms with Crippen LogP contribution in [0.25, 0.3) is 0 Å². The molecule has 0 aliphatic carbocycles. The summed E-state index contributed by atoms with van der Waals surface area (Å²) >= 11 is 0. The second kappa shape index (κ2) is 6.04. The first kappa shape index (κ1) is 16.7. The Kier molecular flexibility index (Phi) is 4.03. The number of rotatable bonds is 3. The van der Waals surface area contributed by atoms with Gasteiger partial charge in [0.1, 0.15) is 5.69 Å². The Morgan fingerprint density at radius 3 is 2.68 bits per heavy atom. The molecule has 0 bridgehead atoms. The number of aryl methyl sites for hydroxylation is 1. The summed E-state index contributed by atoms with van der Waals surface area (Å²) < 4.78 is 4.76. The summed E-state index contributed by atoms with van der Waals surface area (Å²) in [5.41, 5.74) is 3.03. The number of nitro groups is 1. The summed E-state index contributed by atoms with van der Waals surface area (Å²) in [6.07, 6.45) is 0.627. The molecule has 1 aliphatic heterocycles. The molecule has 0 saturated heterocycles. The van der Waals surface area contributed by atoms with Crippen LogP contribution in [0.15, 0.2) is 18.2 Å². The summed E-state index contributed by atoms with van der Waals surface area (Å²) in [6.45, 7) is 3.80. The van der Waals surface area contributed by atoms with E-state index in [1.807, 2.05) is 0 Å². The number of hydrogen-bond acceptors (Lipinski definition) is 5. The van der Waals surface area contributed by atoms with E-state index in [9.17, 15) is 19.7 Å². The number of methoxy groups -OCH3 is 1. The molecular weight excluding hydrogens is 326 g/mol. The molecule has 1 amide bonds. The number of nitrogens with zero attached hydrogens (tertiary/aromatic N) is 2. The Morgan fingerprint density at radius 1 is 1.32 bits per heavy atom. The van der Waals surface area contributed by atoms with Crippen molar-refractivity contribution in [3.63, 3.8) is 0 Å². The minimum atomic E-state index is -0.511. The van der Waals surface area contributed by atoms with Crippen LogP contribution in [0, 0.1) is 24.0 Å². The van der Waals surface area contributed by atoms with Gasteiger partial charge in [0.05, 0.1) is 23.3 Å². The van der Waals surface area contributed by atoms with Crippen LogP contribution in [0.3, 0.4) is 0 Å². The summed E-state index contributed by atoms with van der Waals surface area (Å²) in [5, 5.41) is 11.0. The molecule has 8 nitrogen and oxygen atoms in total. The van der Waals surface area contributed by atoms with Crippen molar-refractivity contribution in [2.24, 2.45) is 0 Å². The van der Waals surface area contributed by atoms with E-state index in [1.165, 1.54) is 24.1 Å². The van der Waals surface area contributed by atoms with Crippen LogP contribution in [-0.4, -0.2) is 35.4 Å². The highest BCUT2D eigenvalue weighted by Crippen LogP contribution is 2.33. The molecule has 3 rings (SSSR count). The van der Waals surface area contributed by atoms with Crippen molar-refractivity contribution < 1.29 is 19.2 Å². The minimum Gasteiger partial charge on any atom is -0.465 e. The van der Waals surface area contributed by atoms with Crippen LogP contribution in [-0.2, 0) is 11.2 Å². The summed E-state index contributed by atoms with van der Waals surface area (Å²) in [7, 11) is 1.28. The molecule has 2 aromatic rings. The number of fused-ring (bicyclic) bond motifs is 1. The van der Waals surface area contributed by atoms with Gasteiger partial charge >= 0.3 is 5.97 Å². The van der Waals surface area contributed by atoms with Gasteiger partial charge in [-0.3, -0.25) is 14.9 Å². The number of amides is 1. The first-order valence-electron chi connectivity index (χ1n) is 7.71. The maximum absolute atomic E-state index is 13.0. The molecule has 0 unspecified atom stereocenters. The van der Waals surface area contributed by atoms with Crippen LogP contribution in [0.1, 0.15) is 37.7 Å². The van der Waals surface area contributed by atoms with E-state index in [2.05, 4.69) is 4.98 Å². The highest BCUT2D eigenvalue weighted by molar-refractivity contribution is 6.09. The molecule has 0 atom stereocenters. The molecule has 25 heavy (non-hydrogen) atoms. The van der Waals surface area contributed by atoms with Crippen molar-refractivity contribution in [1.82, 2.24) is 4.98 Å². The maximum Gasteiger partial charge on any atom is 0.339 e. The van der Waals surface area contributed by atoms with Gasteiger partial charge in [0, 0.05) is 24.4 Å². The van der Waals surface area contributed by atoms with E-state index in [-0.39, 0.29) is 17.3 Å². The quantitative estimate of drug-likeness (QED) is 0.524. The number of aromatic amines is 1. The van der Waals surface area contributed by atoms with E-state index >= 15 is 0 Å². The number of anilines is 1. The van der Waals surface area contributed by atoms with Gasteiger partial charge in [-0.05, 0) is 31.4 Å². The number of esters is 1. The number of carbonyl (C=O) groups is 2. The van der Waals surface area contributed by atoms with E-state index in [0.29, 0.717) is 35.5 Å². The average molecular weight is 343 g/mol. The third kappa shape index (κ3) is 2.65. The molecule has 0 fully saturated rings. The number of carbonyl (C=O) groups excluding carboxylic acids is 2. The first-order valence-corrected chi connectivity index (χ1v) is 7.71. The highest BCUT2D eigenvalue weighted by atomic mass is 16.6. The number of nitro benzene ring substituents is 1. The van der Waals surface area contributed by atoms with Crippen molar-refractivity contribution in [3.8, 4) is 0 Å². The van der Waals surface area contributed by atoms with Crippen LogP contribution in [0.2, 0.25) is 0 Å². The zero-order valence-electron chi connectivity index (χ0n) is 14.1. The third-order valence-corrected chi connectivity index (χ3v) is 4.46. The highest BCUT2D eigenvalue weighted by Gasteiger charge is 2.31. The lowest BCUT2D eigenvalue weighted by molar-refractivity contribution is -0.384. The van der Waals surface area contributed by atoms with Gasteiger partial charge in [-0.25, -0.2) is 4.79 Å². The zero-order valence-corrected chi connectivity index (χ0v) is 14.1. The van der Waals surface area contributed by atoms with Gasteiger partial charge in [0.2, 0.25) is 0 Å². The predicted molar refractivity (Wildman–Crippen MR) is 90.1 cm³/mol. The van der Waals surface area contributed by atoms with E-state index in [1.54, 1.807) is 19.9 Å². The monoisotopic (exact) mass is 343 g/mol. The Hall–Kier alpha value is -3.16. The SMILES string of the molecule is COC(=O)c1c(C)[nH]c(C(=O)N2CCc3ccc([N+](=O)[O-])cc32)c1C. The Morgan fingerprint density at radius 2 is 2.04 bits per heavy atom. The van der Waals surface area contributed by atoms with Gasteiger partial charge in [-0.1, -0.05) is 6.07 Å². The molecule has 1 N–H and O–H groups in total. The Bertz CT molecular complexity index is 900. The molecule has 0 saturated carbocycles. The van der Waals surface area contributed by atoms with Crippen molar-refractivity contribution in [2.75, 3.05) is 18.6 Å². The molecular formula is C17H17N3O5. The second-order valence-corrected chi connectivity index (χ2v) is 5.89. The minimum absolute atomic E-state index is 0.0620. The fourth-order valence-electron chi connectivity index (χ4n) is 3.20. The molecule has 1 aromatic heterocycles. The van der Waals surface area contributed by atoms with Crippen LogP contribution >= 0.6 is 0 Å². The number of nitrogens with one attached hydrogen (secondary N) is 1. The van der Waals surface area contributed by atoms with Crippen molar-refractivity contribution >= 4 is 23.3 Å². The Balaban J connectivity index is 2.01. The van der Waals surface area contributed by atoms with Gasteiger partial charge in [0.25, 0.3) is 11.6 Å². The van der Waals surface area contributed by atoms with Crippen molar-refractivity contribution in [1.29, 1.82) is 0 Å². The lowest BCUT2D eigenvalue weighted by Crippen LogP contribution is -2.29. The third-order valence-electron chi connectivity index (χ3n) is 4.46. The number of hydrogen-bond donors (Lipinski definition) is 1. The number of benzene rings is 1. The molecule has 0 radical (unpaired) electrons. The molecule has 8 heteroatoms. The molecule has 1 aliphatic rings. The van der Waals surface area contributed by atoms with Crippen LogP contribution in [0.4, 0.5) is 11.4 Å². The van der Waals surface area contributed by atoms with Gasteiger partial charge in [-0.2, -0.15) is 0 Å². The maximum atomic E-state index is 13.0. The average Bonchev–Trinajstić information content (AvgIpc) is 3.13. The Labute approximate surface area is 143 Å². The normalized spacial score (nSPS) is 12.8. The molecule has 2 heterocycles. The molecule has 1 aromatic carbocycles. The summed E-state index contributed by atoms with van der Waals surface area (Å²) in [5.74, 6) is -0.835. The number of non-ortho nitro benzene ring substituents is 1. The van der Waals surface area contributed by atoms with Gasteiger partial charge in [0.15, 0.2) is 0 Å². The van der Waals surface area contributed by atoms with Crippen molar-refractivity contribution in [2.45, 2.75) is 20.3 Å². The van der Waals surface area contributed by atoms with Gasteiger partial charge < -0.3 is 14.6 Å². The molecule has 0 spiro atoms. The molecule has 130 valence electrons. The first-order chi connectivity index (χ1) is 11.8. The van der Waals surface area contributed by atoms with Crippen LogP contribution < -0.4 is 4.90 Å². The smallest absolute Gasteiger partial charge is 0.339 e. The lowest BCUT2D eigenvalue weighted by Gasteiger charge is -2.17. The lowest BCUT2D eigenvalue weighted by atomic mass is 10.1. The standard InChI is InChI=1S/C17H17N3O5/c1-9-14(17(22)25-3)10(2)18-15(9)16(21)19-7-6-11-4-5-12(20(23)24)8-13(11)19/h4-5,8,18H,6-7H2,1-3H3. The largest absolute Gasteiger partial charge is 0.465 e.